The molecule has 2 N–H and O–H groups in total. The number of carbonyl (C=O) groups is 2. The molecular formula is C13H11FN2O4. The van der Waals surface area contributed by atoms with E-state index < -0.39 is 29.9 Å². The van der Waals surface area contributed by atoms with Gasteiger partial charge >= 0.3 is 5.97 Å². The van der Waals surface area contributed by atoms with Crippen LogP contribution >= 0.6 is 0 Å². The van der Waals surface area contributed by atoms with E-state index >= 15 is 0 Å². The molecule has 2 atom stereocenters. The van der Waals surface area contributed by atoms with Crippen LogP contribution in [0.25, 0.3) is 0 Å². The summed E-state index contributed by atoms with van der Waals surface area (Å²) in [5, 5.41) is 20.0. The van der Waals surface area contributed by atoms with Gasteiger partial charge in [0.2, 0.25) is 0 Å². The zero-order valence-corrected chi connectivity index (χ0v) is 10.3. The summed E-state index contributed by atoms with van der Waals surface area (Å²) < 4.78 is 18.4. The van der Waals surface area contributed by atoms with E-state index in [2.05, 4.69) is 5.32 Å². The molecule has 6 nitrogen and oxygen atoms in total. The highest BCUT2D eigenvalue weighted by Crippen LogP contribution is 2.23. The number of hydrogen-bond donors (Lipinski definition) is 2. The molecule has 0 bridgehead atoms. The molecule has 1 aliphatic rings. The molecule has 1 heterocycles. The van der Waals surface area contributed by atoms with E-state index in [1.807, 2.05) is 0 Å². The minimum Gasteiger partial charge on any atom is -0.479 e. The van der Waals surface area contributed by atoms with E-state index in [0.29, 0.717) is 0 Å². The summed E-state index contributed by atoms with van der Waals surface area (Å²) >= 11 is 0. The summed E-state index contributed by atoms with van der Waals surface area (Å²) in [6.07, 6.45) is -1.42. The van der Waals surface area contributed by atoms with E-state index in [-0.39, 0.29) is 24.1 Å². The smallest absolute Gasteiger partial charge is 0.332 e. The zero-order valence-electron chi connectivity index (χ0n) is 10.3. The molecule has 0 radical (unpaired) electrons. The number of rotatable bonds is 3. The fourth-order valence-electron chi connectivity index (χ4n) is 1.97. The van der Waals surface area contributed by atoms with Crippen LogP contribution in [-0.2, 0) is 14.3 Å². The fourth-order valence-corrected chi connectivity index (χ4v) is 1.97. The van der Waals surface area contributed by atoms with Gasteiger partial charge in [0.25, 0.3) is 5.91 Å². The summed E-state index contributed by atoms with van der Waals surface area (Å²) in [4.78, 5) is 22.6. The van der Waals surface area contributed by atoms with Crippen molar-refractivity contribution < 1.29 is 23.8 Å². The Morgan fingerprint density at radius 3 is 2.70 bits per heavy atom. The number of carbonyl (C=O) groups excluding carboxylic acids is 1. The lowest BCUT2D eigenvalue weighted by molar-refractivity contribution is -0.150. The van der Waals surface area contributed by atoms with Crippen molar-refractivity contribution in [3.8, 4) is 6.07 Å². The van der Waals surface area contributed by atoms with Crippen LogP contribution in [0.2, 0.25) is 0 Å². The van der Waals surface area contributed by atoms with Crippen LogP contribution in [0.4, 0.5) is 10.1 Å². The molecule has 1 saturated heterocycles. The highest BCUT2D eigenvalue weighted by atomic mass is 19.1. The van der Waals surface area contributed by atoms with Crippen molar-refractivity contribution in [1.29, 1.82) is 5.26 Å². The number of ether oxygens (including phenoxy) is 1. The van der Waals surface area contributed by atoms with Crippen molar-refractivity contribution in [3.63, 3.8) is 0 Å². The monoisotopic (exact) mass is 278 g/mol. The van der Waals surface area contributed by atoms with E-state index in [4.69, 9.17) is 15.1 Å². The molecule has 1 aromatic carbocycles. The van der Waals surface area contributed by atoms with Gasteiger partial charge in [-0.05, 0) is 25.0 Å². The largest absolute Gasteiger partial charge is 0.479 e. The van der Waals surface area contributed by atoms with Crippen LogP contribution in [-0.4, -0.2) is 29.2 Å². The Hall–Kier alpha value is -2.46. The molecule has 1 aromatic rings. The molecule has 7 heteroatoms. The summed E-state index contributed by atoms with van der Waals surface area (Å²) in [5.41, 5.74) is -0.228. The predicted octanol–water partition coefficient (Wildman–Crippen LogP) is 1.27. The molecule has 1 aliphatic heterocycles. The Balaban J connectivity index is 2.08. The maximum atomic E-state index is 13.4. The number of nitrogens with zero attached hydrogens (tertiary/aromatic N) is 1. The normalized spacial score (nSPS) is 21.2. The van der Waals surface area contributed by atoms with Crippen molar-refractivity contribution in [2.75, 3.05) is 5.32 Å². The van der Waals surface area contributed by atoms with Gasteiger partial charge in [-0.15, -0.1) is 0 Å². The summed E-state index contributed by atoms with van der Waals surface area (Å²) in [6.45, 7) is 0. The van der Waals surface area contributed by atoms with E-state index in [0.717, 1.165) is 6.07 Å². The molecular weight excluding hydrogens is 267 g/mol. The first-order chi connectivity index (χ1) is 9.52. The highest BCUT2D eigenvalue weighted by molar-refractivity contribution is 5.95. The summed E-state index contributed by atoms with van der Waals surface area (Å²) in [6, 6.07) is 5.53. The average molecular weight is 278 g/mol. The molecule has 20 heavy (non-hydrogen) atoms. The third-order valence-corrected chi connectivity index (χ3v) is 2.97. The number of nitrogens with one attached hydrogen (secondary N) is 1. The van der Waals surface area contributed by atoms with E-state index in [1.165, 1.54) is 12.1 Å². The quantitative estimate of drug-likeness (QED) is 0.867. The molecule has 2 rings (SSSR count). The third kappa shape index (κ3) is 2.75. The number of amides is 1. The van der Waals surface area contributed by atoms with Crippen LogP contribution in [0.3, 0.4) is 0 Å². The molecule has 0 unspecified atom stereocenters. The molecule has 0 aromatic heterocycles. The van der Waals surface area contributed by atoms with E-state index in [1.54, 1.807) is 6.07 Å². The maximum Gasteiger partial charge on any atom is 0.332 e. The van der Waals surface area contributed by atoms with Crippen molar-refractivity contribution in [1.82, 2.24) is 0 Å². The Labute approximate surface area is 113 Å². The first kappa shape index (κ1) is 14.0. The molecule has 104 valence electrons. The van der Waals surface area contributed by atoms with Gasteiger partial charge in [0.15, 0.2) is 6.10 Å². The second kappa shape index (κ2) is 5.67. The van der Waals surface area contributed by atoms with Gasteiger partial charge in [0.1, 0.15) is 23.6 Å². The fraction of sp³-hybridized carbons (Fsp3) is 0.308. The molecule has 1 amide bonds. The Morgan fingerprint density at radius 1 is 1.40 bits per heavy atom. The first-order valence-corrected chi connectivity index (χ1v) is 5.90. The number of aliphatic carboxylic acids is 1. The number of halogens is 1. The minimum absolute atomic E-state index is 0.0416. The predicted molar refractivity (Wildman–Crippen MR) is 65.3 cm³/mol. The highest BCUT2D eigenvalue weighted by Gasteiger charge is 2.34. The van der Waals surface area contributed by atoms with Crippen molar-refractivity contribution in [2.45, 2.75) is 25.0 Å². The standard InChI is InChI=1S/C13H11FN2O4/c14-8-2-1-3-9(7(8)6-15)16-12(17)10-4-5-11(20-10)13(18)19/h1-3,10-11H,4-5H2,(H,16,17)(H,18,19)/t10-,11+/m0/s1. The van der Waals surface area contributed by atoms with Crippen molar-refractivity contribution in [2.24, 2.45) is 0 Å². The van der Waals surface area contributed by atoms with Gasteiger partial charge in [-0.25, -0.2) is 9.18 Å². The lowest BCUT2D eigenvalue weighted by Crippen LogP contribution is -2.30. The van der Waals surface area contributed by atoms with Gasteiger partial charge in [-0.3, -0.25) is 4.79 Å². The van der Waals surface area contributed by atoms with Gasteiger partial charge in [0, 0.05) is 0 Å². The van der Waals surface area contributed by atoms with E-state index in [9.17, 15) is 14.0 Å². The van der Waals surface area contributed by atoms with Crippen LogP contribution in [0.1, 0.15) is 18.4 Å². The number of carboxylic acids is 1. The Morgan fingerprint density at radius 2 is 2.10 bits per heavy atom. The van der Waals surface area contributed by atoms with Crippen LogP contribution in [0.15, 0.2) is 18.2 Å². The average Bonchev–Trinajstić information content (AvgIpc) is 2.89. The molecule has 1 fully saturated rings. The van der Waals surface area contributed by atoms with Gasteiger partial charge in [-0.1, -0.05) is 6.07 Å². The van der Waals surface area contributed by atoms with Gasteiger partial charge < -0.3 is 15.2 Å². The third-order valence-electron chi connectivity index (χ3n) is 2.97. The topological polar surface area (TPSA) is 99.4 Å². The van der Waals surface area contributed by atoms with Crippen LogP contribution in [0.5, 0.6) is 0 Å². The van der Waals surface area contributed by atoms with Crippen LogP contribution in [0, 0.1) is 17.1 Å². The number of nitriles is 1. The molecule has 0 aliphatic carbocycles. The number of benzene rings is 1. The molecule has 0 saturated carbocycles. The molecule has 0 spiro atoms. The SMILES string of the molecule is N#Cc1c(F)cccc1NC(=O)[C@@H]1CC[C@H](C(=O)O)O1. The second-order valence-electron chi connectivity index (χ2n) is 4.29. The van der Waals surface area contributed by atoms with Crippen LogP contribution < -0.4 is 5.32 Å². The summed E-state index contributed by atoms with van der Waals surface area (Å²) in [7, 11) is 0. The minimum atomic E-state index is -1.12. The Bertz CT molecular complexity index is 597. The maximum absolute atomic E-state index is 13.4. The zero-order chi connectivity index (χ0) is 14.7. The first-order valence-electron chi connectivity index (χ1n) is 5.90. The number of carboxylic acid groups (broad SMARTS) is 1. The summed E-state index contributed by atoms with van der Waals surface area (Å²) in [5.74, 6) is -2.44. The number of hydrogen-bond acceptors (Lipinski definition) is 4. The Kier molecular flexibility index (Phi) is 3.96. The lowest BCUT2D eigenvalue weighted by Gasteiger charge is -2.12. The second-order valence-corrected chi connectivity index (χ2v) is 4.29. The van der Waals surface area contributed by atoms with Gasteiger partial charge in [0.05, 0.1) is 5.69 Å². The van der Waals surface area contributed by atoms with Crippen molar-refractivity contribution >= 4 is 17.6 Å². The number of anilines is 1. The van der Waals surface area contributed by atoms with Crippen molar-refractivity contribution in [3.05, 3.63) is 29.6 Å². The van der Waals surface area contributed by atoms with Gasteiger partial charge in [-0.2, -0.15) is 5.26 Å². The lowest BCUT2D eigenvalue weighted by atomic mass is 10.1.